The fourth-order valence-corrected chi connectivity index (χ4v) is 4.32. The van der Waals surface area contributed by atoms with Gasteiger partial charge in [-0.25, -0.2) is 0 Å². The van der Waals surface area contributed by atoms with Gasteiger partial charge in [-0.05, 0) is 24.0 Å². The highest BCUT2D eigenvalue weighted by molar-refractivity contribution is 7.99. The molecule has 1 amide bonds. The number of carbonyl (C=O) groups is 1. The van der Waals surface area contributed by atoms with E-state index in [4.69, 9.17) is 5.73 Å². The van der Waals surface area contributed by atoms with Gasteiger partial charge in [-0.2, -0.15) is 0 Å². The number of amides is 1. The zero-order valence-electron chi connectivity index (χ0n) is 13.8. The normalized spacial score (nSPS) is 23.8. The van der Waals surface area contributed by atoms with Crippen molar-refractivity contribution in [2.24, 2.45) is 11.1 Å². The zero-order valence-corrected chi connectivity index (χ0v) is 15.5. The van der Waals surface area contributed by atoms with Crippen LogP contribution in [0.2, 0.25) is 0 Å². The van der Waals surface area contributed by atoms with Crippen molar-refractivity contribution in [1.82, 2.24) is 4.90 Å². The highest BCUT2D eigenvalue weighted by atomic mass is 35.5. The Morgan fingerprint density at radius 2 is 2.09 bits per heavy atom. The number of para-hydroxylation sites is 1. The van der Waals surface area contributed by atoms with Crippen molar-refractivity contribution in [1.29, 1.82) is 0 Å². The van der Waals surface area contributed by atoms with Crippen LogP contribution in [0.4, 0.5) is 5.69 Å². The minimum atomic E-state index is 0. The van der Waals surface area contributed by atoms with Crippen LogP contribution in [0.5, 0.6) is 0 Å². The van der Waals surface area contributed by atoms with E-state index in [0.717, 1.165) is 37.5 Å². The molecule has 1 saturated heterocycles. The van der Waals surface area contributed by atoms with E-state index < -0.39 is 0 Å². The van der Waals surface area contributed by atoms with Gasteiger partial charge in [0, 0.05) is 36.3 Å². The molecule has 1 unspecified atom stereocenters. The Kier molecular flexibility index (Phi) is 6.00. The number of nitrogens with zero attached hydrogens (tertiary/aromatic N) is 2. The number of nitrogens with two attached hydrogens (primary N) is 1. The molecule has 0 aromatic heterocycles. The molecule has 0 radical (unpaired) electrons. The highest BCUT2D eigenvalue weighted by Gasteiger charge is 2.35. The minimum Gasteiger partial charge on any atom is -0.327 e. The maximum Gasteiger partial charge on any atom is 0.241 e. The van der Waals surface area contributed by atoms with Gasteiger partial charge in [-0.15, -0.1) is 24.2 Å². The fraction of sp³-hybridized carbons (Fsp3) is 0.588. The standard InChI is InChI=1S/C17H25N3OS.ClH/c1-17(2)12-19(8-7-15(17)18)11-16(21)20-9-10-22-14-6-4-3-5-13(14)20;/h3-6,15H,7-12,18H2,1-2H3;1H. The van der Waals surface area contributed by atoms with E-state index >= 15 is 0 Å². The SMILES string of the molecule is CC1(C)CN(CC(=O)N2CCSc3ccccc32)CCC1N.Cl. The quantitative estimate of drug-likeness (QED) is 0.886. The first kappa shape index (κ1) is 18.6. The van der Waals surface area contributed by atoms with E-state index in [0.29, 0.717) is 6.54 Å². The second-order valence-electron chi connectivity index (χ2n) is 6.96. The molecule has 2 heterocycles. The number of thioether (sulfide) groups is 1. The first-order valence-electron chi connectivity index (χ1n) is 7.97. The Balaban J connectivity index is 0.00000192. The molecular weight excluding hydrogens is 330 g/mol. The van der Waals surface area contributed by atoms with Crippen molar-refractivity contribution in [2.75, 3.05) is 36.8 Å². The van der Waals surface area contributed by atoms with Crippen molar-refractivity contribution in [2.45, 2.75) is 31.2 Å². The van der Waals surface area contributed by atoms with Crippen LogP contribution >= 0.6 is 24.2 Å². The first-order valence-corrected chi connectivity index (χ1v) is 8.96. The molecule has 2 N–H and O–H groups in total. The van der Waals surface area contributed by atoms with Gasteiger partial charge in [0.1, 0.15) is 0 Å². The molecule has 128 valence electrons. The number of halogens is 1. The smallest absolute Gasteiger partial charge is 0.241 e. The summed E-state index contributed by atoms with van der Waals surface area (Å²) in [6, 6.07) is 8.42. The van der Waals surface area contributed by atoms with Crippen molar-refractivity contribution < 1.29 is 4.79 Å². The third-order valence-corrected chi connectivity index (χ3v) is 5.82. The number of benzene rings is 1. The second-order valence-corrected chi connectivity index (χ2v) is 8.09. The molecule has 0 bridgehead atoms. The summed E-state index contributed by atoms with van der Waals surface area (Å²) in [5, 5.41) is 0. The minimum absolute atomic E-state index is 0. The summed E-state index contributed by atoms with van der Waals surface area (Å²) in [6.07, 6.45) is 0.965. The average Bonchev–Trinajstić information content (AvgIpc) is 2.50. The molecular formula is C17H26ClN3OS. The lowest BCUT2D eigenvalue weighted by molar-refractivity contribution is -0.120. The topological polar surface area (TPSA) is 49.6 Å². The van der Waals surface area contributed by atoms with Crippen molar-refractivity contribution in [3.8, 4) is 0 Å². The number of likely N-dealkylation sites (tertiary alicyclic amines) is 1. The van der Waals surface area contributed by atoms with E-state index in [-0.39, 0.29) is 29.8 Å². The molecule has 1 fully saturated rings. The molecule has 0 saturated carbocycles. The van der Waals surface area contributed by atoms with Crippen LogP contribution in [0.15, 0.2) is 29.2 Å². The van der Waals surface area contributed by atoms with Crippen LogP contribution in [-0.4, -0.2) is 48.8 Å². The Hall–Kier alpha value is -0.750. The molecule has 1 aromatic carbocycles. The monoisotopic (exact) mass is 355 g/mol. The van der Waals surface area contributed by atoms with Crippen molar-refractivity contribution in [3.63, 3.8) is 0 Å². The molecule has 0 spiro atoms. The van der Waals surface area contributed by atoms with E-state index in [9.17, 15) is 4.79 Å². The van der Waals surface area contributed by atoms with Gasteiger partial charge < -0.3 is 10.6 Å². The van der Waals surface area contributed by atoms with Gasteiger partial charge in [-0.1, -0.05) is 26.0 Å². The van der Waals surface area contributed by atoms with E-state index in [1.165, 1.54) is 4.90 Å². The number of piperidine rings is 1. The molecule has 4 nitrogen and oxygen atoms in total. The van der Waals surface area contributed by atoms with E-state index in [1.54, 1.807) is 0 Å². The van der Waals surface area contributed by atoms with Gasteiger partial charge in [0.05, 0.1) is 12.2 Å². The largest absolute Gasteiger partial charge is 0.327 e. The summed E-state index contributed by atoms with van der Waals surface area (Å²) in [4.78, 5) is 18.2. The predicted molar refractivity (Wildman–Crippen MR) is 99.6 cm³/mol. The highest BCUT2D eigenvalue weighted by Crippen LogP contribution is 2.34. The lowest BCUT2D eigenvalue weighted by Crippen LogP contribution is -2.54. The van der Waals surface area contributed by atoms with Crippen LogP contribution in [0.25, 0.3) is 0 Å². The van der Waals surface area contributed by atoms with Crippen LogP contribution in [0.3, 0.4) is 0 Å². The van der Waals surface area contributed by atoms with Gasteiger partial charge in [0.15, 0.2) is 0 Å². The van der Waals surface area contributed by atoms with Gasteiger partial charge in [0.25, 0.3) is 0 Å². The number of fused-ring (bicyclic) bond motifs is 1. The maximum atomic E-state index is 12.8. The van der Waals surface area contributed by atoms with Crippen molar-refractivity contribution >= 4 is 35.8 Å². The van der Waals surface area contributed by atoms with Crippen molar-refractivity contribution in [3.05, 3.63) is 24.3 Å². The fourth-order valence-electron chi connectivity index (χ4n) is 3.33. The number of hydrogen-bond acceptors (Lipinski definition) is 4. The van der Waals surface area contributed by atoms with Crippen LogP contribution in [-0.2, 0) is 4.79 Å². The van der Waals surface area contributed by atoms with Crippen LogP contribution in [0.1, 0.15) is 20.3 Å². The average molecular weight is 356 g/mol. The van der Waals surface area contributed by atoms with E-state index in [1.807, 2.05) is 28.8 Å². The summed E-state index contributed by atoms with van der Waals surface area (Å²) < 4.78 is 0. The summed E-state index contributed by atoms with van der Waals surface area (Å²) in [6.45, 7) is 7.50. The third kappa shape index (κ3) is 4.02. The lowest BCUT2D eigenvalue weighted by atomic mass is 9.80. The van der Waals surface area contributed by atoms with Crippen LogP contribution < -0.4 is 10.6 Å². The molecule has 23 heavy (non-hydrogen) atoms. The first-order chi connectivity index (χ1) is 10.5. The summed E-state index contributed by atoms with van der Waals surface area (Å²) in [5.74, 6) is 1.18. The molecule has 3 rings (SSSR count). The summed E-state index contributed by atoms with van der Waals surface area (Å²) in [7, 11) is 0. The number of carbonyl (C=O) groups excluding carboxylic acids is 1. The summed E-state index contributed by atoms with van der Waals surface area (Å²) in [5.41, 5.74) is 7.33. The predicted octanol–water partition coefficient (Wildman–Crippen LogP) is 2.61. The Labute approximate surface area is 149 Å². The van der Waals surface area contributed by atoms with Gasteiger partial charge in [-0.3, -0.25) is 9.69 Å². The zero-order chi connectivity index (χ0) is 15.7. The third-order valence-electron chi connectivity index (χ3n) is 4.78. The van der Waals surface area contributed by atoms with E-state index in [2.05, 4.69) is 30.9 Å². The second kappa shape index (κ2) is 7.43. The molecule has 1 atom stereocenters. The Morgan fingerprint density at radius 3 is 2.83 bits per heavy atom. The maximum absolute atomic E-state index is 12.8. The molecule has 1 aromatic rings. The molecule has 2 aliphatic rings. The van der Waals surface area contributed by atoms with Crippen LogP contribution in [0, 0.1) is 5.41 Å². The van der Waals surface area contributed by atoms with Gasteiger partial charge in [0.2, 0.25) is 5.91 Å². The lowest BCUT2D eigenvalue weighted by Gasteiger charge is -2.43. The number of rotatable bonds is 2. The number of hydrogen-bond donors (Lipinski definition) is 1. The number of anilines is 1. The van der Waals surface area contributed by atoms with Gasteiger partial charge >= 0.3 is 0 Å². The summed E-state index contributed by atoms with van der Waals surface area (Å²) >= 11 is 1.83. The molecule has 6 heteroatoms. The Morgan fingerprint density at radius 1 is 1.35 bits per heavy atom. The Bertz CT molecular complexity index is 567. The molecule has 0 aliphatic carbocycles. The molecule has 2 aliphatic heterocycles.